The molecule has 1 aromatic heterocycles. The van der Waals surface area contributed by atoms with Crippen LogP contribution in [0.25, 0.3) is 16.3 Å². The van der Waals surface area contributed by atoms with Gasteiger partial charge in [0, 0.05) is 10.5 Å². The molecule has 0 radical (unpaired) electrons. The van der Waals surface area contributed by atoms with Crippen molar-refractivity contribution in [2.75, 3.05) is 0 Å². The van der Waals surface area contributed by atoms with E-state index in [1.807, 2.05) is 55.5 Å². The van der Waals surface area contributed by atoms with Gasteiger partial charge in [0.2, 0.25) is 5.91 Å². The molecule has 3 rings (SSSR count). The Morgan fingerprint density at radius 3 is 2.74 bits per heavy atom. The Morgan fingerprint density at radius 2 is 1.96 bits per heavy atom. The van der Waals surface area contributed by atoms with Gasteiger partial charge in [0.1, 0.15) is 5.01 Å². The van der Waals surface area contributed by atoms with Crippen LogP contribution >= 0.6 is 27.3 Å². The van der Waals surface area contributed by atoms with Gasteiger partial charge in [-0.15, -0.1) is 11.3 Å². The summed E-state index contributed by atoms with van der Waals surface area (Å²) in [5.74, 6) is -0.132. The number of thiazole rings is 1. The van der Waals surface area contributed by atoms with Crippen LogP contribution in [0.3, 0.4) is 0 Å². The normalized spacial score (nSPS) is 12.6. The molecule has 0 bridgehead atoms. The highest BCUT2D eigenvalue weighted by Crippen LogP contribution is 2.23. The van der Waals surface area contributed by atoms with Gasteiger partial charge in [-0.2, -0.15) is 0 Å². The summed E-state index contributed by atoms with van der Waals surface area (Å²) in [6.07, 6.45) is 3.29. The molecular weight excluding hydrogens is 372 g/mol. The van der Waals surface area contributed by atoms with Crippen LogP contribution in [0.5, 0.6) is 0 Å². The minimum Gasteiger partial charge on any atom is -0.346 e. The lowest BCUT2D eigenvalue weighted by Gasteiger charge is -2.14. The van der Waals surface area contributed by atoms with Crippen molar-refractivity contribution in [3.8, 4) is 0 Å². The second-order valence-electron chi connectivity index (χ2n) is 5.10. The second-order valence-corrected chi connectivity index (χ2v) is 7.02. The zero-order valence-electron chi connectivity index (χ0n) is 12.5. The molecule has 0 aliphatic rings. The first-order valence-electron chi connectivity index (χ1n) is 7.22. The molecule has 3 nitrogen and oxygen atoms in total. The molecule has 1 unspecified atom stereocenters. The molecule has 1 atom stereocenters. The van der Waals surface area contributed by atoms with Crippen LogP contribution in [-0.4, -0.2) is 10.9 Å². The fourth-order valence-corrected chi connectivity index (χ4v) is 3.77. The number of hydrogen-bond acceptors (Lipinski definition) is 3. The number of carbonyl (C=O) groups excluding carboxylic acids is 1. The van der Waals surface area contributed by atoms with E-state index >= 15 is 0 Å². The van der Waals surface area contributed by atoms with Gasteiger partial charge < -0.3 is 5.32 Å². The van der Waals surface area contributed by atoms with Crippen molar-refractivity contribution < 1.29 is 4.79 Å². The lowest BCUT2D eigenvalue weighted by Crippen LogP contribution is -2.24. The predicted octanol–water partition coefficient (Wildman–Crippen LogP) is 4.95. The SMILES string of the molecule is CC(NC(=O)/C=C/c1nc2ccccc2s1)c1ccccc1Br. The van der Waals surface area contributed by atoms with Crippen LogP contribution < -0.4 is 5.32 Å². The number of nitrogens with one attached hydrogen (secondary N) is 1. The number of fused-ring (bicyclic) bond motifs is 1. The van der Waals surface area contributed by atoms with Gasteiger partial charge in [0.15, 0.2) is 0 Å². The van der Waals surface area contributed by atoms with Gasteiger partial charge in [-0.3, -0.25) is 4.79 Å². The summed E-state index contributed by atoms with van der Waals surface area (Å²) >= 11 is 5.08. The molecule has 0 aliphatic carbocycles. The summed E-state index contributed by atoms with van der Waals surface area (Å²) in [5, 5.41) is 3.79. The lowest BCUT2D eigenvalue weighted by atomic mass is 10.1. The smallest absolute Gasteiger partial charge is 0.244 e. The van der Waals surface area contributed by atoms with Gasteiger partial charge in [-0.25, -0.2) is 4.98 Å². The molecule has 5 heteroatoms. The fourth-order valence-electron chi connectivity index (χ4n) is 2.27. The van der Waals surface area contributed by atoms with Gasteiger partial charge in [-0.1, -0.05) is 46.3 Å². The first-order chi connectivity index (χ1) is 11.1. The quantitative estimate of drug-likeness (QED) is 0.644. The minimum atomic E-state index is -0.132. The molecule has 0 spiro atoms. The first-order valence-corrected chi connectivity index (χ1v) is 8.83. The van der Waals surface area contributed by atoms with E-state index in [0.29, 0.717) is 0 Å². The van der Waals surface area contributed by atoms with E-state index in [0.717, 1.165) is 25.3 Å². The number of hydrogen-bond donors (Lipinski definition) is 1. The average molecular weight is 387 g/mol. The Hall–Kier alpha value is -1.98. The maximum atomic E-state index is 12.1. The van der Waals surface area contributed by atoms with E-state index < -0.39 is 0 Å². The van der Waals surface area contributed by atoms with Crippen molar-refractivity contribution in [3.05, 3.63) is 69.7 Å². The fraction of sp³-hybridized carbons (Fsp3) is 0.111. The number of para-hydroxylation sites is 1. The number of aromatic nitrogens is 1. The molecule has 1 amide bonds. The number of halogens is 1. The largest absolute Gasteiger partial charge is 0.346 e. The number of rotatable bonds is 4. The third kappa shape index (κ3) is 3.86. The molecule has 3 aromatic rings. The molecule has 1 N–H and O–H groups in total. The average Bonchev–Trinajstić information content (AvgIpc) is 2.96. The van der Waals surface area contributed by atoms with E-state index in [-0.39, 0.29) is 11.9 Å². The van der Waals surface area contributed by atoms with Gasteiger partial charge in [0.25, 0.3) is 0 Å². The zero-order valence-corrected chi connectivity index (χ0v) is 14.9. The topological polar surface area (TPSA) is 42.0 Å². The highest BCUT2D eigenvalue weighted by atomic mass is 79.9. The van der Waals surface area contributed by atoms with Crippen molar-refractivity contribution in [3.63, 3.8) is 0 Å². The summed E-state index contributed by atoms with van der Waals surface area (Å²) < 4.78 is 2.11. The molecular formula is C18H15BrN2OS. The van der Waals surface area contributed by atoms with E-state index in [1.165, 1.54) is 6.08 Å². The number of amides is 1. The van der Waals surface area contributed by atoms with Crippen molar-refractivity contribution >= 4 is 49.5 Å². The number of carbonyl (C=O) groups is 1. The lowest BCUT2D eigenvalue weighted by molar-refractivity contribution is -0.117. The van der Waals surface area contributed by atoms with E-state index in [1.54, 1.807) is 17.4 Å². The molecule has 1 heterocycles. The molecule has 0 fully saturated rings. The Labute approximate surface area is 147 Å². The Balaban J connectivity index is 1.68. The third-order valence-electron chi connectivity index (χ3n) is 3.42. The highest BCUT2D eigenvalue weighted by molar-refractivity contribution is 9.10. The monoisotopic (exact) mass is 386 g/mol. The van der Waals surface area contributed by atoms with Crippen LogP contribution in [0.4, 0.5) is 0 Å². The summed E-state index contributed by atoms with van der Waals surface area (Å²) in [6, 6.07) is 15.7. The maximum absolute atomic E-state index is 12.1. The van der Waals surface area contributed by atoms with Crippen LogP contribution in [0.2, 0.25) is 0 Å². The summed E-state index contributed by atoms with van der Waals surface area (Å²) in [4.78, 5) is 16.6. The van der Waals surface area contributed by atoms with Crippen molar-refractivity contribution in [1.82, 2.24) is 10.3 Å². The van der Waals surface area contributed by atoms with Crippen molar-refractivity contribution in [2.45, 2.75) is 13.0 Å². The van der Waals surface area contributed by atoms with Crippen LogP contribution in [0.1, 0.15) is 23.5 Å². The van der Waals surface area contributed by atoms with E-state index in [4.69, 9.17) is 0 Å². The third-order valence-corrected chi connectivity index (χ3v) is 5.14. The van der Waals surface area contributed by atoms with Crippen LogP contribution in [0, 0.1) is 0 Å². The Morgan fingerprint density at radius 1 is 1.22 bits per heavy atom. The Kier molecular flexibility index (Phi) is 4.88. The molecule has 0 saturated heterocycles. The second kappa shape index (κ2) is 7.06. The zero-order chi connectivity index (χ0) is 16.2. The van der Waals surface area contributed by atoms with Crippen LogP contribution in [0.15, 0.2) is 59.1 Å². The van der Waals surface area contributed by atoms with Crippen molar-refractivity contribution in [1.29, 1.82) is 0 Å². The molecule has 116 valence electrons. The summed E-state index contributed by atoms with van der Waals surface area (Å²) in [6.45, 7) is 1.96. The molecule has 0 aliphatic heterocycles. The molecule has 2 aromatic carbocycles. The summed E-state index contributed by atoms with van der Waals surface area (Å²) in [5.41, 5.74) is 2.01. The van der Waals surface area contributed by atoms with Crippen molar-refractivity contribution in [2.24, 2.45) is 0 Å². The Bertz CT molecular complexity index is 839. The predicted molar refractivity (Wildman–Crippen MR) is 99.4 cm³/mol. The highest BCUT2D eigenvalue weighted by Gasteiger charge is 2.10. The number of benzene rings is 2. The van der Waals surface area contributed by atoms with Gasteiger partial charge >= 0.3 is 0 Å². The molecule has 23 heavy (non-hydrogen) atoms. The maximum Gasteiger partial charge on any atom is 0.244 e. The minimum absolute atomic E-state index is 0.0712. The molecule has 0 saturated carbocycles. The van der Waals surface area contributed by atoms with E-state index in [9.17, 15) is 4.79 Å². The summed E-state index contributed by atoms with van der Waals surface area (Å²) in [7, 11) is 0. The van der Waals surface area contributed by atoms with E-state index in [2.05, 4.69) is 26.2 Å². The standard InChI is InChI=1S/C18H15BrN2OS/c1-12(13-6-2-3-7-14(13)19)20-17(22)10-11-18-21-15-8-4-5-9-16(15)23-18/h2-12H,1H3,(H,20,22)/b11-10+. The van der Waals surface area contributed by atoms with Gasteiger partial charge in [0.05, 0.1) is 16.3 Å². The first kappa shape index (κ1) is 15.9. The van der Waals surface area contributed by atoms with Gasteiger partial charge in [-0.05, 0) is 36.8 Å². The number of nitrogens with zero attached hydrogens (tertiary/aromatic N) is 1. The van der Waals surface area contributed by atoms with Crippen LogP contribution in [-0.2, 0) is 4.79 Å².